The molecular weight excluding hydrogens is 276 g/mol. The van der Waals surface area contributed by atoms with E-state index in [1.165, 1.54) is 5.56 Å². The molecule has 114 valence electrons. The number of benzene rings is 2. The van der Waals surface area contributed by atoms with Crippen LogP contribution in [0.1, 0.15) is 12.0 Å². The highest BCUT2D eigenvalue weighted by atomic mass is 16.5. The van der Waals surface area contributed by atoms with E-state index in [1.54, 1.807) is 0 Å². The Labute approximate surface area is 130 Å². The summed E-state index contributed by atoms with van der Waals surface area (Å²) in [5, 5.41) is 2.96. The van der Waals surface area contributed by atoms with E-state index in [0.29, 0.717) is 13.2 Å². The molecule has 2 aromatic rings. The molecule has 1 heterocycles. The normalized spacial score (nSPS) is 12.8. The molecule has 4 heteroatoms. The summed E-state index contributed by atoms with van der Waals surface area (Å²) in [6, 6.07) is 17.8. The van der Waals surface area contributed by atoms with Crippen LogP contribution in [0.25, 0.3) is 0 Å². The van der Waals surface area contributed by atoms with Gasteiger partial charge in [0, 0.05) is 18.8 Å². The van der Waals surface area contributed by atoms with Crippen molar-refractivity contribution >= 4 is 11.7 Å². The van der Waals surface area contributed by atoms with Crippen molar-refractivity contribution in [3.05, 3.63) is 60.2 Å². The maximum atomic E-state index is 12.2. The van der Waals surface area contributed by atoms with Crippen LogP contribution in [-0.2, 0) is 6.42 Å². The van der Waals surface area contributed by atoms with Crippen LogP contribution < -0.4 is 15.0 Å². The number of urea groups is 1. The third-order valence-corrected chi connectivity index (χ3v) is 3.74. The van der Waals surface area contributed by atoms with Gasteiger partial charge < -0.3 is 10.1 Å². The summed E-state index contributed by atoms with van der Waals surface area (Å²) < 4.78 is 5.60. The topological polar surface area (TPSA) is 41.6 Å². The Morgan fingerprint density at radius 3 is 2.73 bits per heavy atom. The number of anilines is 1. The van der Waals surface area contributed by atoms with Gasteiger partial charge in [0.15, 0.2) is 0 Å². The van der Waals surface area contributed by atoms with Gasteiger partial charge in [0.25, 0.3) is 0 Å². The second-order valence-electron chi connectivity index (χ2n) is 5.28. The lowest BCUT2D eigenvalue weighted by Crippen LogP contribution is -2.39. The number of hydrogen-bond donors (Lipinski definition) is 1. The summed E-state index contributed by atoms with van der Waals surface area (Å²) in [5.41, 5.74) is 2.27. The molecule has 0 aromatic heterocycles. The van der Waals surface area contributed by atoms with Gasteiger partial charge in [0.2, 0.25) is 0 Å². The van der Waals surface area contributed by atoms with Gasteiger partial charge in [-0.05, 0) is 36.6 Å². The quantitative estimate of drug-likeness (QED) is 0.861. The van der Waals surface area contributed by atoms with Crippen LogP contribution in [0, 0.1) is 0 Å². The average molecular weight is 296 g/mol. The SMILES string of the molecule is O=C(NCCCOc1ccccc1)N1CCc2ccccc21. The molecule has 0 fully saturated rings. The van der Waals surface area contributed by atoms with Crippen LogP contribution in [0.4, 0.5) is 10.5 Å². The Morgan fingerprint density at radius 2 is 1.86 bits per heavy atom. The lowest BCUT2D eigenvalue weighted by atomic mass is 10.2. The highest BCUT2D eigenvalue weighted by Gasteiger charge is 2.23. The first-order valence-corrected chi connectivity index (χ1v) is 7.66. The lowest BCUT2D eigenvalue weighted by Gasteiger charge is -2.18. The molecule has 0 bridgehead atoms. The van der Waals surface area contributed by atoms with E-state index < -0.39 is 0 Å². The van der Waals surface area contributed by atoms with E-state index in [-0.39, 0.29) is 6.03 Å². The van der Waals surface area contributed by atoms with Crippen molar-refractivity contribution in [2.75, 3.05) is 24.6 Å². The maximum Gasteiger partial charge on any atom is 0.321 e. The maximum absolute atomic E-state index is 12.2. The van der Waals surface area contributed by atoms with Gasteiger partial charge in [-0.25, -0.2) is 4.79 Å². The summed E-state index contributed by atoms with van der Waals surface area (Å²) in [7, 11) is 0. The first-order valence-electron chi connectivity index (χ1n) is 7.66. The number of rotatable bonds is 5. The van der Waals surface area contributed by atoms with Crippen LogP contribution in [-0.4, -0.2) is 25.7 Å². The average Bonchev–Trinajstić information content (AvgIpc) is 2.99. The molecule has 4 nitrogen and oxygen atoms in total. The number of hydrogen-bond acceptors (Lipinski definition) is 2. The molecule has 22 heavy (non-hydrogen) atoms. The molecule has 0 atom stereocenters. The number of carbonyl (C=O) groups excluding carboxylic acids is 1. The van der Waals surface area contributed by atoms with Gasteiger partial charge in [-0.3, -0.25) is 4.90 Å². The van der Waals surface area contributed by atoms with Gasteiger partial charge in [0.1, 0.15) is 5.75 Å². The highest BCUT2D eigenvalue weighted by molar-refractivity contribution is 5.94. The number of fused-ring (bicyclic) bond motifs is 1. The van der Waals surface area contributed by atoms with Crippen molar-refractivity contribution in [1.29, 1.82) is 0 Å². The molecule has 1 N–H and O–H groups in total. The van der Waals surface area contributed by atoms with Crippen molar-refractivity contribution in [2.24, 2.45) is 0 Å². The third kappa shape index (κ3) is 3.39. The molecule has 3 rings (SSSR count). The van der Waals surface area contributed by atoms with E-state index >= 15 is 0 Å². The van der Waals surface area contributed by atoms with E-state index in [9.17, 15) is 4.79 Å². The molecule has 0 saturated heterocycles. The van der Waals surface area contributed by atoms with Crippen LogP contribution in [0.2, 0.25) is 0 Å². The second-order valence-corrected chi connectivity index (χ2v) is 5.28. The molecule has 2 aromatic carbocycles. The Morgan fingerprint density at radius 1 is 1.09 bits per heavy atom. The summed E-state index contributed by atoms with van der Waals surface area (Å²) >= 11 is 0. The number of para-hydroxylation sites is 2. The smallest absolute Gasteiger partial charge is 0.321 e. The minimum atomic E-state index is -0.0235. The standard InChI is InChI=1S/C18H20N2O2/c21-18(20-13-11-15-7-4-5-10-17(15)20)19-12-6-14-22-16-8-2-1-3-9-16/h1-5,7-10H,6,11-14H2,(H,19,21). The first-order chi connectivity index (χ1) is 10.8. The Bertz CT molecular complexity index is 628. The van der Waals surface area contributed by atoms with Gasteiger partial charge >= 0.3 is 6.03 Å². The molecule has 0 saturated carbocycles. The van der Waals surface area contributed by atoms with Gasteiger partial charge in [-0.1, -0.05) is 36.4 Å². The number of nitrogens with zero attached hydrogens (tertiary/aromatic N) is 1. The van der Waals surface area contributed by atoms with Crippen LogP contribution in [0.15, 0.2) is 54.6 Å². The zero-order valence-corrected chi connectivity index (χ0v) is 12.5. The van der Waals surface area contributed by atoms with Crippen molar-refractivity contribution < 1.29 is 9.53 Å². The largest absolute Gasteiger partial charge is 0.494 e. The van der Waals surface area contributed by atoms with Crippen LogP contribution in [0.5, 0.6) is 5.75 Å². The monoisotopic (exact) mass is 296 g/mol. The fourth-order valence-corrected chi connectivity index (χ4v) is 2.62. The summed E-state index contributed by atoms with van der Waals surface area (Å²) in [6.07, 6.45) is 1.72. The fourth-order valence-electron chi connectivity index (χ4n) is 2.62. The van der Waals surface area contributed by atoms with Crippen molar-refractivity contribution in [1.82, 2.24) is 5.32 Å². The first kappa shape index (κ1) is 14.4. The second kappa shape index (κ2) is 6.98. The van der Waals surface area contributed by atoms with E-state index in [2.05, 4.69) is 11.4 Å². The fraction of sp³-hybridized carbons (Fsp3) is 0.278. The minimum absolute atomic E-state index is 0.0235. The summed E-state index contributed by atoms with van der Waals surface area (Å²) in [6.45, 7) is 1.97. The number of carbonyl (C=O) groups is 1. The number of amides is 2. The lowest BCUT2D eigenvalue weighted by molar-refractivity contribution is 0.245. The minimum Gasteiger partial charge on any atom is -0.494 e. The predicted molar refractivity (Wildman–Crippen MR) is 87.4 cm³/mol. The van der Waals surface area contributed by atoms with Crippen molar-refractivity contribution in [2.45, 2.75) is 12.8 Å². The van der Waals surface area contributed by atoms with Gasteiger partial charge in [0.05, 0.1) is 6.61 Å². The molecule has 0 radical (unpaired) electrons. The predicted octanol–water partition coefficient (Wildman–Crippen LogP) is 3.23. The molecule has 0 aliphatic carbocycles. The Balaban J connectivity index is 1.40. The number of ether oxygens (including phenoxy) is 1. The van der Waals surface area contributed by atoms with E-state index in [1.807, 2.05) is 53.4 Å². The van der Waals surface area contributed by atoms with Crippen molar-refractivity contribution in [3.63, 3.8) is 0 Å². The zero-order valence-electron chi connectivity index (χ0n) is 12.5. The molecule has 0 unspecified atom stereocenters. The highest BCUT2D eigenvalue weighted by Crippen LogP contribution is 2.27. The molecule has 1 aliphatic rings. The molecule has 0 spiro atoms. The van der Waals surface area contributed by atoms with E-state index in [0.717, 1.165) is 30.8 Å². The summed E-state index contributed by atoms with van der Waals surface area (Å²) in [4.78, 5) is 14.0. The Kier molecular flexibility index (Phi) is 4.59. The van der Waals surface area contributed by atoms with Crippen LogP contribution >= 0.6 is 0 Å². The number of nitrogens with one attached hydrogen (secondary N) is 1. The van der Waals surface area contributed by atoms with E-state index in [4.69, 9.17) is 4.74 Å². The zero-order chi connectivity index (χ0) is 15.2. The summed E-state index contributed by atoms with van der Waals surface area (Å²) in [5.74, 6) is 0.863. The molecule has 2 amide bonds. The van der Waals surface area contributed by atoms with Crippen molar-refractivity contribution in [3.8, 4) is 5.75 Å². The van der Waals surface area contributed by atoms with Crippen LogP contribution in [0.3, 0.4) is 0 Å². The molecule has 1 aliphatic heterocycles. The Hall–Kier alpha value is -2.49. The third-order valence-electron chi connectivity index (χ3n) is 3.74. The van der Waals surface area contributed by atoms with Gasteiger partial charge in [-0.2, -0.15) is 0 Å². The molecular formula is C18H20N2O2. The van der Waals surface area contributed by atoms with Gasteiger partial charge in [-0.15, -0.1) is 0 Å².